The zero-order valence-electron chi connectivity index (χ0n) is 11.9. The van der Waals surface area contributed by atoms with Crippen molar-refractivity contribution < 1.29 is 4.39 Å². The standard InChI is InChI=1S/C16H16ClFN4/c17-11-2-1-3-12(18)15(11)21-14-8-13(9-4-5-9)20-16(22-14)19-10-6-7-10/h1-3,8-10H,4-7H2,(H2,19,20,21,22). The Morgan fingerprint density at radius 3 is 2.64 bits per heavy atom. The molecular weight excluding hydrogens is 303 g/mol. The van der Waals surface area contributed by atoms with Gasteiger partial charge in [0.25, 0.3) is 0 Å². The second-order valence-corrected chi connectivity index (χ2v) is 6.32. The number of aromatic nitrogens is 2. The molecule has 0 saturated heterocycles. The number of hydrogen-bond donors (Lipinski definition) is 2. The van der Waals surface area contributed by atoms with Crippen LogP contribution < -0.4 is 10.6 Å². The molecule has 1 heterocycles. The molecule has 2 aromatic rings. The molecule has 0 radical (unpaired) electrons. The van der Waals surface area contributed by atoms with Gasteiger partial charge in [-0.3, -0.25) is 0 Å². The van der Waals surface area contributed by atoms with E-state index in [-0.39, 0.29) is 5.69 Å². The number of anilines is 3. The molecule has 4 rings (SSSR count). The normalized spacial score (nSPS) is 17.4. The highest BCUT2D eigenvalue weighted by atomic mass is 35.5. The van der Waals surface area contributed by atoms with Crippen molar-refractivity contribution in [1.29, 1.82) is 0 Å². The van der Waals surface area contributed by atoms with Crippen LogP contribution in [-0.2, 0) is 0 Å². The van der Waals surface area contributed by atoms with Gasteiger partial charge in [0.2, 0.25) is 5.95 Å². The molecule has 1 aromatic heterocycles. The van der Waals surface area contributed by atoms with Crippen molar-refractivity contribution in [3.05, 3.63) is 40.8 Å². The summed E-state index contributed by atoms with van der Waals surface area (Å²) in [6, 6.07) is 6.97. The van der Waals surface area contributed by atoms with Crippen molar-refractivity contribution in [1.82, 2.24) is 9.97 Å². The molecule has 2 fully saturated rings. The predicted octanol–water partition coefficient (Wildman–Crippen LogP) is 4.46. The van der Waals surface area contributed by atoms with Crippen molar-refractivity contribution in [3.63, 3.8) is 0 Å². The molecular formula is C16H16ClFN4. The molecule has 1 aromatic carbocycles. The Labute approximate surface area is 133 Å². The first-order valence-electron chi connectivity index (χ1n) is 7.55. The highest BCUT2D eigenvalue weighted by Gasteiger charge is 2.28. The predicted molar refractivity (Wildman–Crippen MR) is 85.3 cm³/mol. The first-order valence-corrected chi connectivity index (χ1v) is 7.93. The average molecular weight is 319 g/mol. The SMILES string of the molecule is Fc1cccc(Cl)c1Nc1cc(C2CC2)nc(NC2CC2)n1. The zero-order valence-corrected chi connectivity index (χ0v) is 12.7. The van der Waals surface area contributed by atoms with Gasteiger partial charge >= 0.3 is 0 Å². The van der Waals surface area contributed by atoms with Crippen LogP contribution in [0.25, 0.3) is 0 Å². The van der Waals surface area contributed by atoms with E-state index in [2.05, 4.69) is 20.6 Å². The van der Waals surface area contributed by atoms with E-state index < -0.39 is 5.82 Å². The van der Waals surface area contributed by atoms with E-state index in [1.54, 1.807) is 12.1 Å². The van der Waals surface area contributed by atoms with E-state index in [1.807, 2.05) is 6.07 Å². The zero-order chi connectivity index (χ0) is 15.1. The summed E-state index contributed by atoms with van der Waals surface area (Å²) in [5, 5.41) is 6.64. The van der Waals surface area contributed by atoms with Crippen molar-refractivity contribution in [2.75, 3.05) is 10.6 Å². The van der Waals surface area contributed by atoms with E-state index >= 15 is 0 Å². The van der Waals surface area contributed by atoms with Gasteiger partial charge in [-0.1, -0.05) is 17.7 Å². The smallest absolute Gasteiger partial charge is 0.225 e. The van der Waals surface area contributed by atoms with Crippen molar-refractivity contribution >= 4 is 29.1 Å². The van der Waals surface area contributed by atoms with Crippen LogP contribution in [0.4, 0.5) is 21.8 Å². The van der Waals surface area contributed by atoms with Crippen LogP contribution in [0.3, 0.4) is 0 Å². The van der Waals surface area contributed by atoms with E-state index in [1.165, 1.54) is 6.07 Å². The van der Waals surface area contributed by atoms with Gasteiger partial charge in [0.1, 0.15) is 11.6 Å². The lowest BCUT2D eigenvalue weighted by atomic mass is 10.2. The third kappa shape index (κ3) is 2.99. The number of rotatable bonds is 5. The van der Waals surface area contributed by atoms with Crippen LogP contribution in [0.1, 0.15) is 37.3 Å². The highest BCUT2D eigenvalue weighted by Crippen LogP contribution is 2.40. The molecule has 0 aliphatic heterocycles. The van der Waals surface area contributed by atoms with Gasteiger partial charge in [-0.2, -0.15) is 4.98 Å². The van der Waals surface area contributed by atoms with Gasteiger partial charge in [-0.05, 0) is 37.8 Å². The van der Waals surface area contributed by atoms with Crippen LogP contribution in [0.2, 0.25) is 5.02 Å². The second-order valence-electron chi connectivity index (χ2n) is 5.92. The molecule has 2 aliphatic rings. The molecule has 22 heavy (non-hydrogen) atoms. The van der Waals surface area contributed by atoms with Gasteiger partial charge in [-0.15, -0.1) is 0 Å². The van der Waals surface area contributed by atoms with Gasteiger partial charge < -0.3 is 10.6 Å². The van der Waals surface area contributed by atoms with E-state index in [4.69, 9.17) is 11.6 Å². The monoisotopic (exact) mass is 318 g/mol. The Morgan fingerprint density at radius 1 is 1.14 bits per heavy atom. The summed E-state index contributed by atoms with van der Waals surface area (Å²) in [4.78, 5) is 9.02. The molecule has 0 atom stereocenters. The number of nitrogens with one attached hydrogen (secondary N) is 2. The summed E-state index contributed by atoms with van der Waals surface area (Å²) < 4.78 is 13.9. The molecule has 2 saturated carbocycles. The molecule has 2 aliphatic carbocycles. The number of hydrogen-bond acceptors (Lipinski definition) is 4. The maximum Gasteiger partial charge on any atom is 0.225 e. The van der Waals surface area contributed by atoms with Crippen molar-refractivity contribution in [2.24, 2.45) is 0 Å². The molecule has 0 unspecified atom stereocenters. The molecule has 2 N–H and O–H groups in total. The van der Waals surface area contributed by atoms with Crippen LogP contribution in [-0.4, -0.2) is 16.0 Å². The topological polar surface area (TPSA) is 49.8 Å². The molecule has 114 valence electrons. The summed E-state index contributed by atoms with van der Waals surface area (Å²) in [6.07, 6.45) is 4.61. The maximum atomic E-state index is 13.9. The number of benzene rings is 1. The average Bonchev–Trinajstić information content (AvgIpc) is 3.35. The summed E-state index contributed by atoms with van der Waals surface area (Å²) in [5.41, 5.74) is 1.26. The fourth-order valence-corrected chi connectivity index (χ4v) is 2.55. The Balaban J connectivity index is 1.66. The van der Waals surface area contributed by atoms with Gasteiger partial charge in [0.05, 0.1) is 16.4 Å². The van der Waals surface area contributed by atoms with Crippen molar-refractivity contribution in [3.8, 4) is 0 Å². The Kier molecular flexibility index (Phi) is 3.37. The van der Waals surface area contributed by atoms with Gasteiger partial charge in [0.15, 0.2) is 0 Å². The number of halogens is 2. The minimum atomic E-state index is -0.393. The second kappa shape index (κ2) is 5.39. The lowest BCUT2D eigenvalue weighted by Gasteiger charge is -2.12. The Hall–Kier alpha value is -1.88. The summed E-state index contributed by atoms with van der Waals surface area (Å²) in [6.45, 7) is 0. The third-order valence-corrected chi connectivity index (χ3v) is 4.18. The van der Waals surface area contributed by atoms with Crippen LogP contribution in [0.5, 0.6) is 0 Å². The molecule has 0 spiro atoms. The van der Waals surface area contributed by atoms with E-state index in [0.717, 1.165) is 31.4 Å². The fourth-order valence-electron chi connectivity index (χ4n) is 2.34. The third-order valence-electron chi connectivity index (χ3n) is 3.87. The van der Waals surface area contributed by atoms with Crippen LogP contribution >= 0.6 is 11.6 Å². The van der Waals surface area contributed by atoms with Crippen molar-refractivity contribution in [2.45, 2.75) is 37.6 Å². The largest absolute Gasteiger partial charge is 0.351 e. The lowest BCUT2D eigenvalue weighted by molar-refractivity contribution is 0.632. The maximum absolute atomic E-state index is 13.9. The molecule has 6 heteroatoms. The minimum absolute atomic E-state index is 0.252. The first-order chi connectivity index (χ1) is 10.7. The molecule has 0 amide bonds. The minimum Gasteiger partial charge on any atom is -0.351 e. The molecule has 4 nitrogen and oxygen atoms in total. The Morgan fingerprint density at radius 2 is 1.95 bits per heavy atom. The van der Waals surface area contributed by atoms with Gasteiger partial charge in [0, 0.05) is 18.0 Å². The summed E-state index contributed by atoms with van der Waals surface area (Å²) in [7, 11) is 0. The summed E-state index contributed by atoms with van der Waals surface area (Å²) in [5.74, 6) is 1.30. The quantitative estimate of drug-likeness (QED) is 0.854. The lowest BCUT2D eigenvalue weighted by Crippen LogP contribution is -2.09. The van der Waals surface area contributed by atoms with E-state index in [9.17, 15) is 4.39 Å². The summed E-state index contributed by atoms with van der Waals surface area (Å²) >= 11 is 6.07. The number of nitrogens with zero attached hydrogens (tertiary/aromatic N) is 2. The number of para-hydroxylation sites is 1. The van der Waals surface area contributed by atoms with E-state index in [0.29, 0.717) is 28.7 Å². The first kappa shape index (κ1) is 13.8. The van der Waals surface area contributed by atoms with Gasteiger partial charge in [-0.25, -0.2) is 9.37 Å². The fraction of sp³-hybridized carbons (Fsp3) is 0.375. The molecule has 0 bridgehead atoms. The Bertz CT molecular complexity index is 693. The van der Waals surface area contributed by atoms with Crippen LogP contribution in [0, 0.1) is 5.82 Å². The van der Waals surface area contributed by atoms with Crippen LogP contribution in [0.15, 0.2) is 24.3 Å². The highest BCUT2D eigenvalue weighted by molar-refractivity contribution is 6.33.